The van der Waals surface area contributed by atoms with Crippen LogP contribution < -0.4 is 5.32 Å². The van der Waals surface area contributed by atoms with E-state index in [0.717, 1.165) is 12.0 Å². The average Bonchev–Trinajstić information content (AvgIpc) is 2.55. The van der Waals surface area contributed by atoms with Crippen molar-refractivity contribution in [3.63, 3.8) is 0 Å². The van der Waals surface area contributed by atoms with Crippen LogP contribution in [0.5, 0.6) is 0 Å². The maximum Gasteiger partial charge on any atom is 0.0118 e. The van der Waals surface area contributed by atoms with Gasteiger partial charge in [0.05, 0.1) is 0 Å². The van der Waals surface area contributed by atoms with Crippen LogP contribution in [0, 0.1) is 11.3 Å². The molecule has 0 aromatic heterocycles. The summed E-state index contributed by atoms with van der Waals surface area (Å²) < 4.78 is 0. The van der Waals surface area contributed by atoms with E-state index < -0.39 is 0 Å². The first kappa shape index (κ1) is 12.0. The Bertz CT molecular complexity index is 153. The van der Waals surface area contributed by atoms with Crippen LogP contribution in [0.2, 0.25) is 0 Å². The molecule has 0 aromatic rings. The summed E-state index contributed by atoms with van der Waals surface area (Å²) in [6, 6.07) is 0.743. The van der Waals surface area contributed by atoms with E-state index >= 15 is 0 Å². The van der Waals surface area contributed by atoms with E-state index in [9.17, 15) is 0 Å². The summed E-state index contributed by atoms with van der Waals surface area (Å²) in [5.41, 5.74) is 0.623. The van der Waals surface area contributed by atoms with Crippen LogP contribution in [0.15, 0.2) is 0 Å². The molecule has 1 heteroatoms. The molecule has 0 spiro atoms. The molecule has 0 bridgehead atoms. The number of hydrogen-bond donors (Lipinski definition) is 1. The quantitative estimate of drug-likeness (QED) is 0.710. The number of rotatable bonds is 5. The van der Waals surface area contributed by atoms with Crippen molar-refractivity contribution in [2.24, 2.45) is 11.3 Å². The van der Waals surface area contributed by atoms with Crippen LogP contribution >= 0.6 is 0 Å². The third kappa shape index (κ3) is 2.50. The van der Waals surface area contributed by atoms with Crippen molar-refractivity contribution in [1.82, 2.24) is 5.32 Å². The van der Waals surface area contributed by atoms with E-state index in [4.69, 9.17) is 0 Å². The van der Waals surface area contributed by atoms with Gasteiger partial charge in [-0.1, -0.05) is 33.6 Å². The topological polar surface area (TPSA) is 12.0 Å². The predicted octanol–water partition coefficient (Wildman–Crippen LogP) is 3.59. The van der Waals surface area contributed by atoms with Gasteiger partial charge in [-0.25, -0.2) is 0 Å². The Hall–Kier alpha value is -0.0400. The molecule has 1 aliphatic carbocycles. The van der Waals surface area contributed by atoms with Crippen LogP contribution in [0.4, 0.5) is 0 Å². The first-order chi connectivity index (χ1) is 6.64. The zero-order chi connectivity index (χ0) is 10.6. The maximum atomic E-state index is 3.54. The fourth-order valence-corrected chi connectivity index (χ4v) is 3.53. The molecule has 1 unspecified atom stereocenters. The largest absolute Gasteiger partial charge is 0.316 e. The molecule has 1 rings (SSSR count). The second-order valence-corrected chi connectivity index (χ2v) is 5.42. The summed E-state index contributed by atoms with van der Waals surface area (Å²) >= 11 is 0. The van der Waals surface area contributed by atoms with Crippen molar-refractivity contribution in [1.29, 1.82) is 0 Å². The third-order valence-corrected chi connectivity index (χ3v) is 3.91. The Morgan fingerprint density at radius 1 is 1.21 bits per heavy atom. The fraction of sp³-hybridized carbons (Fsp3) is 1.00. The summed E-state index contributed by atoms with van der Waals surface area (Å²) in [5.74, 6) is 0.843. The van der Waals surface area contributed by atoms with Crippen LogP contribution in [-0.2, 0) is 0 Å². The van der Waals surface area contributed by atoms with Crippen molar-refractivity contribution in [2.75, 3.05) is 7.05 Å². The average molecular weight is 197 g/mol. The summed E-state index contributed by atoms with van der Waals surface area (Å²) in [7, 11) is 2.13. The first-order valence-electron chi connectivity index (χ1n) is 6.32. The minimum atomic E-state index is 0.623. The molecule has 0 radical (unpaired) electrons. The van der Waals surface area contributed by atoms with Gasteiger partial charge in [-0.2, -0.15) is 0 Å². The van der Waals surface area contributed by atoms with Gasteiger partial charge in [-0.05, 0) is 44.1 Å². The maximum absolute atomic E-state index is 3.54. The molecule has 1 saturated carbocycles. The van der Waals surface area contributed by atoms with Gasteiger partial charge in [-0.15, -0.1) is 0 Å². The van der Waals surface area contributed by atoms with Crippen LogP contribution in [0.25, 0.3) is 0 Å². The highest BCUT2D eigenvalue weighted by molar-refractivity contribution is 4.94. The Morgan fingerprint density at radius 2 is 1.79 bits per heavy atom. The van der Waals surface area contributed by atoms with E-state index in [2.05, 4.69) is 33.1 Å². The van der Waals surface area contributed by atoms with E-state index in [1.807, 2.05) is 0 Å². The fourth-order valence-electron chi connectivity index (χ4n) is 3.53. The standard InChI is InChI=1S/C13H27N/c1-5-12(14-4)13(10-11(2)3)8-6-7-9-13/h11-12,14H,5-10H2,1-4H3. The molecule has 14 heavy (non-hydrogen) atoms. The van der Waals surface area contributed by atoms with Crippen LogP contribution in [0.3, 0.4) is 0 Å². The molecular weight excluding hydrogens is 170 g/mol. The van der Waals surface area contributed by atoms with Gasteiger partial charge in [0.15, 0.2) is 0 Å². The van der Waals surface area contributed by atoms with Crippen molar-refractivity contribution < 1.29 is 0 Å². The van der Waals surface area contributed by atoms with Gasteiger partial charge in [-0.3, -0.25) is 0 Å². The van der Waals surface area contributed by atoms with Gasteiger partial charge in [0.25, 0.3) is 0 Å². The molecular formula is C13H27N. The Kier molecular flexibility index (Phi) is 4.43. The molecule has 1 fully saturated rings. The second kappa shape index (κ2) is 5.16. The van der Waals surface area contributed by atoms with Crippen LogP contribution in [0.1, 0.15) is 59.3 Å². The first-order valence-corrected chi connectivity index (χ1v) is 6.32. The summed E-state index contributed by atoms with van der Waals surface area (Å²) in [6.07, 6.45) is 8.49. The van der Waals surface area contributed by atoms with E-state index in [-0.39, 0.29) is 0 Å². The molecule has 84 valence electrons. The highest BCUT2D eigenvalue weighted by atomic mass is 14.9. The summed E-state index contributed by atoms with van der Waals surface area (Å²) in [5, 5.41) is 3.54. The van der Waals surface area contributed by atoms with Gasteiger partial charge in [0, 0.05) is 6.04 Å². The normalized spacial score (nSPS) is 22.9. The molecule has 1 atom stereocenters. The van der Waals surface area contributed by atoms with Gasteiger partial charge in [0.2, 0.25) is 0 Å². The molecule has 0 aromatic carbocycles. The van der Waals surface area contributed by atoms with Gasteiger partial charge in [0.1, 0.15) is 0 Å². The summed E-state index contributed by atoms with van der Waals surface area (Å²) in [6.45, 7) is 7.05. The molecule has 0 heterocycles. The van der Waals surface area contributed by atoms with Gasteiger partial charge >= 0.3 is 0 Å². The predicted molar refractivity (Wildman–Crippen MR) is 63.5 cm³/mol. The molecule has 0 saturated heterocycles. The highest BCUT2D eigenvalue weighted by Gasteiger charge is 2.39. The zero-order valence-corrected chi connectivity index (χ0v) is 10.4. The lowest BCUT2D eigenvalue weighted by Gasteiger charge is -2.38. The molecule has 1 N–H and O–H groups in total. The second-order valence-electron chi connectivity index (χ2n) is 5.42. The monoisotopic (exact) mass is 197 g/mol. The molecule has 1 aliphatic rings. The molecule has 1 nitrogen and oxygen atoms in total. The third-order valence-electron chi connectivity index (χ3n) is 3.91. The smallest absolute Gasteiger partial charge is 0.0118 e. The highest BCUT2D eigenvalue weighted by Crippen LogP contribution is 2.46. The van der Waals surface area contributed by atoms with Gasteiger partial charge < -0.3 is 5.32 Å². The van der Waals surface area contributed by atoms with E-state index in [0.29, 0.717) is 5.41 Å². The Balaban J connectivity index is 2.69. The number of nitrogens with one attached hydrogen (secondary N) is 1. The van der Waals surface area contributed by atoms with Crippen molar-refractivity contribution in [2.45, 2.75) is 65.3 Å². The van der Waals surface area contributed by atoms with Crippen molar-refractivity contribution in [3.8, 4) is 0 Å². The number of hydrogen-bond acceptors (Lipinski definition) is 1. The summed E-state index contributed by atoms with van der Waals surface area (Å²) in [4.78, 5) is 0. The molecule has 0 aliphatic heterocycles. The Labute approximate surface area is 89.7 Å². The lowest BCUT2D eigenvalue weighted by Crippen LogP contribution is -2.42. The van der Waals surface area contributed by atoms with E-state index in [1.54, 1.807) is 0 Å². The minimum Gasteiger partial charge on any atom is -0.316 e. The molecule has 0 amide bonds. The SMILES string of the molecule is CCC(NC)C1(CC(C)C)CCCC1. The van der Waals surface area contributed by atoms with Crippen LogP contribution in [-0.4, -0.2) is 13.1 Å². The van der Waals surface area contributed by atoms with E-state index in [1.165, 1.54) is 38.5 Å². The minimum absolute atomic E-state index is 0.623. The zero-order valence-electron chi connectivity index (χ0n) is 10.4. The lowest BCUT2D eigenvalue weighted by molar-refractivity contribution is 0.157. The van der Waals surface area contributed by atoms with Crippen molar-refractivity contribution >= 4 is 0 Å². The lowest BCUT2D eigenvalue weighted by atomic mass is 9.72. The van der Waals surface area contributed by atoms with Crippen molar-refractivity contribution in [3.05, 3.63) is 0 Å². The Morgan fingerprint density at radius 3 is 2.14 bits per heavy atom.